The summed E-state index contributed by atoms with van der Waals surface area (Å²) in [5.74, 6) is -0.592. The molecular formula is C11H13NO2. The van der Waals surface area contributed by atoms with Crippen molar-refractivity contribution in [2.75, 3.05) is 7.11 Å². The molecule has 14 heavy (non-hydrogen) atoms. The molecule has 0 spiro atoms. The Balaban J connectivity index is 2.17. The van der Waals surface area contributed by atoms with E-state index in [4.69, 9.17) is 9.57 Å². The third-order valence-electron chi connectivity index (χ3n) is 2.38. The second-order valence-electron chi connectivity index (χ2n) is 3.51. The van der Waals surface area contributed by atoms with E-state index in [1.807, 2.05) is 37.3 Å². The zero-order chi connectivity index (χ0) is 10.0. The lowest BCUT2D eigenvalue weighted by Gasteiger charge is -2.18. The molecule has 1 aromatic carbocycles. The summed E-state index contributed by atoms with van der Waals surface area (Å²) in [5, 5.41) is 4.02. The van der Waals surface area contributed by atoms with E-state index < -0.39 is 5.79 Å². The Kier molecular flexibility index (Phi) is 2.25. The molecule has 2 rings (SSSR count). The quantitative estimate of drug-likeness (QED) is 0.717. The Morgan fingerprint density at radius 1 is 1.36 bits per heavy atom. The second-order valence-corrected chi connectivity index (χ2v) is 3.51. The summed E-state index contributed by atoms with van der Waals surface area (Å²) in [6.07, 6.45) is 0.688. The van der Waals surface area contributed by atoms with Crippen LogP contribution in [0.15, 0.2) is 35.5 Å². The van der Waals surface area contributed by atoms with Crippen LogP contribution in [-0.2, 0) is 9.57 Å². The predicted octanol–water partition coefficient (Wildman–Crippen LogP) is 2.17. The lowest BCUT2D eigenvalue weighted by molar-refractivity contribution is -0.192. The zero-order valence-electron chi connectivity index (χ0n) is 8.36. The molecule has 3 nitrogen and oxygen atoms in total. The fourth-order valence-electron chi connectivity index (χ4n) is 1.42. The SMILES string of the molecule is COC1(C)CC(c2ccccc2)=NO1. The van der Waals surface area contributed by atoms with Crippen molar-refractivity contribution >= 4 is 5.71 Å². The molecule has 1 aliphatic heterocycles. The van der Waals surface area contributed by atoms with Gasteiger partial charge in [0.05, 0.1) is 12.1 Å². The molecule has 0 radical (unpaired) electrons. The van der Waals surface area contributed by atoms with Gasteiger partial charge in [0, 0.05) is 14.0 Å². The topological polar surface area (TPSA) is 30.8 Å². The fourth-order valence-corrected chi connectivity index (χ4v) is 1.42. The molecule has 0 bridgehead atoms. The Morgan fingerprint density at radius 3 is 2.64 bits per heavy atom. The Labute approximate surface area is 83.3 Å². The van der Waals surface area contributed by atoms with E-state index in [-0.39, 0.29) is 0 Å². The van der Waals surface area contributed by atoms with E-state index in [1.54, 1.807) is 7.11 Å². The average Bonchev–Trinajstić information content (AvgIpc) is 2.63. The van der Waals surface area contributed by atoms with Crippen molar-refractivity contribution in [1.82, 2.24) is 0 Å². The highest BCUT2D eigenvalue weighted by atomic mass is 16.8. The van der Waals surface area contributed by atoms with Gasteiger partial charge in [-0.3, -0.25) is 0 Å². The smallest absolute Gasteiger partial charge is 0.239 e. The molecule has 74 valence electrons. The Bertz CT molecular complexity index is 348. The van der Waals surface area contributed by atoms with Crippen LogP contribution in [0, 0.1) is 0 Å². The molecule has 1 heterocycles. The van der Waals surface area contributed by atoms with Gasteiger partial charge in [0.1, 0.15) is 0 Å². The molecule has 1 aliphatic rings. The standard InChI is InChI=1S/C11H13NO2/c1-11(13-2)8-10(12-14-11)9-6-4-3-5-7-9/h3-7H,8H2,1-2H3. The van der Waals surface area contributed by atoms with Gasteiger partial charge in [0.2, 0.25) is 5.79 Å². The number of rotatable bonds is 2. The highest BCUT2D eigenvalue weighted by molar-refractivity contribution is 6.01. The third-order valence-corrected chi connectivity index (χ3v) is 2.38. The van der Waals surface area contributed by atoms with E-state index in [2.05, 4.69) is 5.16 Å². The van der Waals surface area contributed by atoms with Crippen molar-refractivity contribution < 1.29 is 9.57 Å². The molecule has 0 saturated carbocycles. The second kappa shape index (κ2) is 3.42. The number of hydrogen-bond donors (Lipinski definition) is 0. The average molecular weight is 191 g/mol. The number of methoxy groups -OCH3 is 1. The van der Waals surface area contributed by atoms with Crippen LogP contribution >= 0.6 is 0 Å². The molecule has 0 amide bonds. The van der Waals surface area contributed by atoms with Crippen molar-refractivity contribution in [3.63, 3.8) is 0 Å². The van der Waals surface area contributed by atoms with E-state index in [9.17, 15) is 0 Å². The van der Waals surface area contributed by atoms with Gasteiger partial charge in [-0.2, -0.15) is 0 Å². The maximum Gasteiger partial charge on any atom is 0.239 e. The molecule has 1 unspecified atom stereocenters. The highest BCUT2D eigenvalue weighted by Crippen LogP contribution is 2.26. The number of benzene rings is 1. The first-order chi connectivity index (χ1) is 6.73. The summed E-state index contributed by atoms with van der Waals surface area (Å²) in [5.41, 5.74) is 2.03. The van der Waals surface area contributed by atoms with Crippen molar-refractivity contribution in [1.29, 1.82) is 0 Å². The van der Waals surface area contributed by atoms with Gasteiger partial charge < -0.3 is 9.57 Å². The number of hydrogen-bond acceptors (Lipinski definition) is 3. The van der Waals surface area contributed by atoms with Crippen LogP contribution in [-0.4, -0.2) is 18.6 Å². The van der Waals surface area contributed by atoms with Gasteiger partial charge in [-0.1, -0.05) is 35.5 Å². The maximum atomic E-state index is 5.22. The maximum absolute atomic E-state index is 5.22. The van der Waals surface area contributed by atoms with Gasteiger partial charge in [-0.05, 0) is 5.56 Å². The molecule has 0 aliphatic carbocycles. The van der Waals surface area contributed by atoms with Crippen LogP contribution < -0.4 is 0 Å². The molecule has 3 heteroatoms. The first kappa shape index (κ1) is 9.21. The molecule has 0 saturated heterocycles. The molecule has 0 fully saturated rings. The minimum atomic E-state index is -0.592. The van der Waals surface area contributed by atoms with Crippen molar-refractivity contribution in [3.05, 3.63) is 35.9 Å². The van der Waals surface area contributed by atoms with Crippen LogP contribution in [0.1, 0.15) is 18.9 Å². The van der Waals surface area contributed by atoms with E-state index in [0.29, 0.717) is 6.42 Å². The molecule has 0 N–H and O–H groups in total. The Hall–Kier alpha value is -1.35. The van der Waals surface area contributed by atoms with Gasteiger partial charge in [0.15, 0.2) is 0 Å². The number of ether oxygens (including phenoxy) is 1. The number of nitrogens with zero attached hydrogens (tertiary/aromatic N) is 1. The summed E-state index contributed by atoms with van der Waals surface area (Å²) in [6.45, 7) is 1.88. The van der Waals surface area contributed by atoms with Crippen LogP contribution in [0.4, 0.5) is 0 Å². The van der Waals surface area contributed by atoms with E-state index in [0.717, 1.165) is 11.3 Å². The lowest BCUT2D eigenvalue weighted by atomic mass is 10.0. The lowest BCUT2D eigenvalue weighted by Crippen LogP contribution is -2.26. The first-order valence-electron chi connectivity index (χ1n) is 4.59. The van der Waals surface area contributed by atoms with E-state index in [1.165, 1.54) is 0 Å². The minimum Gasteiger partial charge on any atom is -0.360 e. The zero-order valence-corrected chi connectivity index (χ0v) is 8.36. The normalized spacial score (nSPS) is 25.7. The van der Waals surface area contributed by atoms with Crippen LogP contribution in [0.25, 0.3) is 0 Å². The van der Waals surface area contributed by atoms with E-state index >= 15 is 0 Å². The van der Waals surface area contributed by atoms with Crippen molar-refractivity contribution in [2.24, 2.45) is 5.16 Å². The molecule has 0 aromatic heterocycles. The van der Waals surface area contributed by atoms with Gasteiger partial charge in [-0.15, -0.1) is 0 Å². The van der Waals surface area contributed by atoms with Gasteiger partial charge in [-0.25, -0.2) is 0 Å². The van der Waals surface area contributed by atoms with Crippen LogP contribution in [0.2, 0.25) is 0 Å². The molecule has 1 atom stereocenters. The van der Waals surface area contributed by atoms with Gasteiger partial charge in [0.25, 0.3) is 0 Å². The van der Waals surface area contributed by atoms with Crippen molar-refractivity contribution in [3.8, 4) is 0 Å². The summed E-state index contributed by atoms with van der Waals surface area (Å²) >= 11 is 0. The van der Waals surface area contributed by atoms with Gasteiger partial charge >= 0.3 is 0 Å². The molecular weight excluding hydrogens is 178 g/mol. The minimum absolute atomic E-state index is 0.592. The van der Waals surface area contributed by atoms with Crippen LogP contribution in [0.5, 0.6) is 0 Å². The predicted molar refractivity (Wildman–Crippen MR) is 54.1 cm³/mol. The highest BCUT2D eigenvalue weighted by Gasteiger charge is 2.34. The molecule has 1 aromatic rings. The van der Waals surface area contributed by atoms with Crippen molar-refractivity contribution in [2.45, 2.75) is 19.1 Å². The largest absolute Gasteiger partial charge is 0.360 e. The summed E-state index contributed by atoms with van der Waals surface area (Å²) < 4.78 is 5.21. The monoisotopic (exact) mass is 191 g/mol. The van der Waals surface area contributed by atoms with Crippen LogP contribution in [0.3, 0.4) is 0 Å². The third kappa shape index (κ3) is 1.63. The fraction of sp³-hybridized carbons (Fsp3) is 0.364. The first-order valence-corrected chi connectivity index (χ1v) is 4.59. The summed E-state index contributed by atoms with van der Waals surface area (Å²) in [6, 6.07) is 9.99. The summed E-state index contributed by atoms with van der Waals surface area (Å²) in [4.78, 5) is 5.22. The Morgan fingerprint density at radius 2 is 2.07 bits per heavy atom. The number of oxime groups is 1. The summed E-state index contributed by atoms with van der Waals surface area (Å²) in [7, 11) is 1.63.